The van der Waals surface area contributed by atoms with Gasteiger partial charge in [0, 0.05) is 26.6 Å². The maximum atomic E-state index is 13.1. The molecule has 2 fully saturated rings. The zero-order valence-electron chi connectivity index (χ0n) is 20.1. The van der Waals surface area contributed by atoms with Crippen LogP contribution in [0.15, 0.2) is 30.3 Å². The molecule has 6 amide bonds. The van der Waals surface area contributed by atoms with Gasteiger partial charge in [-0.15, -0.1) is 0 Å². The molecule has 0 saturated carbocycles. The molecular formula is C20H22N5NaO10S. The average molecular weight is 547 g/mol. The van der Waals surface area contributed by atoms with Crippen molar-refractivity contribution in [1.82, 2.24) is 24.7 Å². The summed E-state index contributed by atoms with van der Waals surface area (Å²) in [7, 11) is -5.35. The number of carbonyl (C=O) groups excluding carboxylic acids is 6. The number of likely N-dealkylation sites (N-methyl/N-ethyl adjacent to an activating group) is 1. The van der Waals surface area contributed by atoms with Gasteiger partial charge in [-0.2, -0.15) is 0 Å². The number of imide groups is 1. The van der Waals surface area contributed by atoms with Crippen LogP contribution in [0.2, 0.25) is 0 Å². The average Bonchev–Trinajstić information content (AvgIpc) is 2.81. The van der Waals surface area contributed by atoms with E-state index in [1.807, 2.05) is 0 Å². The number of ether oxygens (including phenoxy) is 1. The molecule has 0 bridgehead atoms. The summed E-state index contributed by atoms with van der Waals surface area (Å²) in [6.45, 7) is 2.81. The molecule has 0 aliphatic carbocycles. The van der Waals surface area contributed by atoms with E-state index in [0.717, 1.165) is 6.92 Å². The fourth-order valence-corrected chi connectivity index (χ4v) is 4.40. The molecule has 0 unspecified atom stereocenters. The monoisotopic (exact) mass is 547 g/mol. The molecule has 2 heterocycles. The molecule has 0 radical (unpaired) electrons. The summed E-state index contributed by atoms with van der Waals surface area (Å²) in [6.07, 6.45) is -1.92. The Morgan fingerprint density at radius 3 is 2.27 bits per heavy atom. The number of piperazine rings is 1. The Bertz CT molecular complexity index is 1210. The first-order valence-corrected chi connectivity index (χ1v) is 12.0. The minimum Gasteiger partial charge on any atom is -0.731 e. The summed E-state index contributed by atoms with van der Waals surface area (Å²) in [5.41, 5.74) is 0.207. The molecule has 37 heavy (non-hydrogen) atoms. The van der Waals surface area contributed by atoms with Crippen molar-refractivity contribution in [2.24, 2.45) is 0 Å². The number of nitrogens with zero attached hydrogens (tertiary/aromatic N) is 3. The van der Waals surface area contributed by atoms with Crippen LogP contribution < -0.4 is 40.2 Å². The second-order valence-electron chi connectivity index (χ2n) is 7.71. The van der Waals surface area contributed by atoms with Crippen LogP contribution in [0.1, 0.15) is 25.5 Å². The summed E-state index contributed by atoms with van der Waals surface area (Å²) >= 11 is 0. The Morgan fingerprint density at radius 2 is 1.73 bits per heavy atom. The number of hydrogen-bond donors (Lipinski definition) is 2. The van der Waals surface area contributed by atoms with Gasteiger partial charge in [-0.05, 0) is 12.5 Å². The standard InChI is InChI=1S/C20H23N5O10S.Na/c1-3-23-9-10-24(18(30)17(23)29)20(31)22-13(12-7-5-4-6-8-12)15(27)21-14-16(28)25(36(32,33)34)19(14)35-11(2)26;/h4-8,13-14,19H,3,9-10H2,1-2H3,(H,21,27)(H,22,31)(H,32,33,34);/q;+1/p-1/t13-,14-,19+;/m1./s1. The normalized spacial score (nSPS) is 20.4. The first-order valence-electron chi connectivity index (χ1n) is 10.6. The number of rotatable bonds is 7. The maximum Gasteiger partial charge on any atom is 1.00 e. The van der Waals surface area contributed by atoms with Crippen LogP contribution in [0, 0.1) is 0 Å². The third kappa shape index (κ3) is 6.45. The van der Waals surface area contributed by atoms with Crippen molar-refractivity contribution in [1.29, 1.82) is 0 Å². The van der Waals surface area contributed by atoms with E-state index in [-0.39, 0.29) is 59.1 Å². The quantitative estimate of drug-likeness (QED) is 0.109. The first kappa shape index (κ1) is 30.2. The van der Waals surface area contributed by atoms with Crippen LogP contribution in [0.3, 0.4) is 0 Å². The molecule has 2 aliphatic heterocycles. The third-order valence-corrected chi connectivity index (χ3v) is 6.29. The summed E-state index contributed by atoms with van der Waals surface area (Å²) in [4.78, 5) is 75.9. The van der Waals surface area contributed by atoms with E-state index in [2.05, 4.69) is 10.6 Å². The number of urea groups is 1. The Balaban J connectivity index is 0.00000481. The molecule has 2 aliphatic rings. The molecule has 2 N–H and O–H groups in total. The second kappa shape index (κ2) is 12.0. The topological polar surface area (TPSA) is 203 Å². The van der Waals surface area contributed by atoms with Crippen molar-refractivity contribution in [3.8, 4) is 0 Å². The molecule has 3 rings (SSSR count). The van der Waals surface area contributed by atoms with E-state index in [0.29, 0.717) is 4.90 Å². The number of benzene rings is 1. The number of amides is 6. The SMILES string of the molecule is CCN1CCN(C(=O)N[C@@H](C(=O)N[C@@H]2C(=O)N(S(=O)(=O)[O-])[C@H]2OC(C)=O)c2ccccc2)C(=O)C1=O.[Na+]. The zero-order chi connectivity index (χ0) is 26.8. The van der Waals surface area contributed by atoms with Crippen molar-refractivity contribution in [3.63, 3.8) is 0 Å². The maximum absolute atomic E-state index is 13.1. The second-order valence-corrected chi connectivity index (χ2v) is 8.96. The Labute approximate surface area is 233 Å². The van der Waals surface area contributed by atoms with Gasteiger partial charge in [0.1, 0.15) is 6.04 Å². The molecular weight excluding hydrogens is 525 g/mol. The van der Waals surface area contributed by atoms with Crippen LogP contribution in [-0.4, -0.2) is 94.6 Å². The van der Waals surface area contributed by atoms with E-state index < -0.39 is 64.2 Å². The molecule has 0 aromatic heterocycles. The largest absolute Gasteiger partial charge is 1.00 e. The summed E-state index contributed by atoms with van der Waals surface area (Å²) in [6, 6.07) is 3.29. The van der Waals surface area contributed by atoms with Gasteiger partial charge in [-0.25, -0.2) is 17.5 Å². The molecule has 15 nitrogen and oxygen atoms in total. The van der Waals surface area contributed by atoms with Gasteiger partial charge in [-0.3, -0.25) is 28.9 Å². The van der Waals surface area contributed by atoms with Gasteiger partial charge in [0.25, 0.3) is 5.91 Å². The molecule has 3 atom stereocenters. The molecule has 1 aromatic carbocycles. The number of carbonyl (C=O) groups is 6. The van der Waals surface area contributed by atoms with E-state index in [9.17, 15) is 41.7 Å². The minimum absolute atomic E-state index is 0. The molecule has 1 aromatic rings. The zero-order valence-corrected chi connectivity index (χ0v) is 22.9. The van der Waals surface area contributed by atoms with Crippen LogP contribution >= 0.6 is 0 Å². The van der Waals surface area contributed by atoms with Gasteiger partial charge >= 0.3 is 53.4 Å². The van der Waals surface area contributed by atoms with Gasteiger partial charge in [0.2, 0.25) is 12.1 Å². The van der Waals surface area contributed by atoms with E-state index >= 15 is 0 Å². The van der Waals surface area contributed by atoms with Crippen molar-refractivity contribution in [3.05, 3.63) is 35.9 Å². The Morgan fingerprint density at radius 1 is 1.11 bits per heavy atom. The number of nitrogens with one attached hydrogen (secondary N) is 2. The Kier molecular flexibility index (Phi) is 9.78. The molecule has 17 heteroatoms. The van der Waals surface area contributed by atoms with Crippen LogP contribution in [-0.2, 0) is 39.0 Å². The van der Waals surface area contributed by atoms with Gasteiger partial charge in [-0.1, -0.05) is 30.3 Å². The van der Waals surface area contributed by atoms with E-state index in [4.69, 9.17) is 4.74 Å². The smallest absolute Gasteiger partial charge is 0.731 e. The summed E-state index contributed by atoms with van der Waals surface area (Å²) < 4.78 is 38.5. The predicted molar refractivity (Wildman–Crippen MR) is 116 cm³/mol. The molecule has 194 valence electrons. The summed E-state index contributed by atoms with van der Waals surface area (Å²) in [5, 5.41) is 4.49. The van der Waals surface area contributed by atoms with Gasteiger partial charge < -0.3 is 24.8 Å². The summed E-state index contributed by atoms with van der Waals surface area (Å²) in [5.74, 6) is -5.39. The van der Waals surface area contributed by atoms with Crippen LogP contribution in [0.4, 0.5) is 4.79 Å². The first-order chi connectivity index (χ1) is 16.9. The van der Waals surface area contributed by atoms with Gasteiger partial charge in [0.05, 0.1) is 0 Å². The van der Waals surface area contributed by atoms with Crippen molar-refractivity contribution >= 4 is 45.9 Å². The van der Waals surface area contributed by atoms with E-state index in [1.54, 1.807) is 25.1 Å². The fraction of sp³-hybridized carbons (Fsp3) is 0.400. The third-order valence-electron chi connectivity index (χ3n) is 5.42. The fourth-order valence-electron chi connectivity index (χ4n) is 3.65. The Hall–Kier alpha value is -3.05. The van der Waals surface area contributed by atoms with E-state index in [1.165, 1.54) is 17.0 Å². The number of β-lactam (4-membered cyclic amide) rings is 1. The number of hydrogen-bond acceptors (Lipinski definition) is 10. The van der Waals surface area contributed by atoms with Crippen LogP contribution in [0.5, 0.6) is 0 Å². The van der Waals surface area contributed by atoms with Crippen molar-refractivity contribution in [2.45, 2.75) is 32.2 Å². The van der Waals surface area contributed by atoms with Gasteiger partial charge in [0.15, 0.2) is 16.3 Å². The number of esters is 1. The van der Waals surface area contributed by atoms with Crippen LogP contribution in [0.25, 0.3) is 0 Å². The van der Waals surface area contributed by atoms with Crippen molar-refractivity contribution < 1.29 is 76.0 Å². The predicted octanol–water partition coefficient (Wildman–Crippen LogP) is -5.19. The van der Waals surface area contributed by atoms with Crippen molar-refractivity contribution in [2.75, 3.05) is 19.6 Å². The minimum atomic E-state index is -5.35. The molecule has 2 saturated heterocycles. The molecule has 0 spiro atoms.